The van der Waals surface area contributed by atoms with E-state index in [0.29, 0.717) is 5.57 Å². The molecule has 122 valence electrons. The summed E-state index contributed by atoms with van der Waals surface area (Å²) >= 11 is 6.31. The zero-order valence-corrected chi connectivity index (χ0v) is 15.9. The number of thiophene rings is 2. The first-order valence-corrected chi connectivity index (χ1v) is 11.0. The fourth-order valence-electron chi connectivity index (χ4n) is 2.03. The van der Waals surface area contributed by atoms with Gasteiger partial charge in [-0.05, 0) is 47.2 Å². The van der Waals surface area contributed by atoms with Crippen LogP contribution in [-0.4, -0.2) is 23.1 Å². The second kappa shape index (κ2) is 8.67. The number of hydrogen-bond acceptors (Lipinski definition) is 6. The van der Waals surface area contributed by atoms with E-state index in [1.807, 2.05) is 35.0 Å². The van der Waals surface area contributed by atoms with Crippen molar-refractivity contribution in [3.8, 4) is 0 Å². The Morgan fingerprint density at radius 3 is 1.75 bits per heavy atom. The van der Waals surface area contributed by atoms with E-state index in [9.17, 15) is 9.59 Å². The molecule has 1 aliphatic heterocycles. The van der Waals surface area contributed by atoms with E-state index in [-0.39, 0.29) is 11.6 Å². The number of ketones is 2. The van der Waals surface area contributed by atoms with Crippen LogP contribution in [0.3, 0.4) is 0 Å². The summed E-state index contributed by atoms with van der Waals surface area (Å²) in [6, 6.07) is 7.76. The summed E-state index contributed by atoms with van der Waals surface area (Å²) in [5, 5.41) is 3.92. The molecule has 6 heteroatoms. The van der Waals surface area contributed by atoms with Crippen molar-refractivity contribution in [3.05, 3.63) is 66.7 Å². The fraction of sp³-hybridized carbons (Fsp3) is 0.111. The Labute approximate surface area is 157 Å². The lowest BCUT2D eigenvalue weighted by Gasteiger charge is -2.03. The molecule has 1 saturated heterocycles. The van der Waals surface area contributed by atoms with Crippen LogP contribution in [0, 0.1) is 0 Å². The molecule has 2 aromatic rings. The predicted molar refractivity (Wildman–Crippen MR) is 109 cm³/mol. The average molecular weight is 391 g/mol. The first kappa shape index (κ1) is 17.5. The zero-order chi connectivity index (χ0) is 16.8. The van der Waals surface area contributed by atoms with Crippen LogP contribution in [0.5, 0.6) is 0 Å². The number of carbonyl (C=O) groups excluding carboxylic acids is 2. The van der Waals surface area contributed by atoms with Gasteiger partial charge in [-0.2, -0.15) is 0 Å². The van der Waals surface area contributed by atoms with Crippen LogP contribution in [0.4, 0.5) is 0 Å². The number of thioether (sulfide) groups is 2. The van der Waals surface area contributed by atoms with Gasteiger partial charge in [0, 0.05) is 21.3 Å². The molecule has 0 unspecified atom stereocenters. The van der Waals surface area contributed by atoms with Crippen LogP contribution in [0.25, 0.3) is 12.2 Å². The van der Waals surface area contributed by atoms with Gasteiger partial charge >= 0.3 is 0 Å². The highest BCUT2D eigenvalue weighted by Gasteiger charge is 2.23. The molecular formula is C18H14O2S4. The van der Waals surface area contributed by atoms with Gasteiger partial charge in [-0.3, -0.25) is 9.59 Å². The minimum absolute atomic E-state index is 0.221. The third-order valence-corrected chi connectivity index (χ3v) is 7.52. The van der Waals surface area contributed by atoms with E-state index in [4.69, 9.17) is 0 Å². The predicted octanol–water partition coefficient (Wildman–Crippen LogP) is 5.37. The third kappa shape index (κ3) is 4.60. The van der Waals surface area contributed by atoms with Gasteiger partial charge in [-0.15, -0.1) is 46.2 Å². The van der Waals surface area contributed by atoms with Gasteiger partial charge in [0.15, 0.2) is 11.6 Å². The fourth-order valence-corrected chi connectivity index (χ4v) is 5.83. The monoisotopic (exact) mass is 390 g/mol. The maximum absolute atomic E-state index is 12.6. The first-order chi connectivity index (χ1) is 11.7. The number of allylic oxidation sites excluding steroid dienone is 3. The van der Waals surface area contributed by atoms with E-state index < -0.39 is 0 Å². The molecule has 3 rings (SSSR count). The second-order valence-corrected chi connectivity index (χ2v) is 9.21. The van der Waals surface area contributed by atoms with Crippen molar-refractivity contribution in [3.63, 3.8) is 0 Å². The van der Waals surface area contributed by atoms with E-state index in [1.54, 1.807) is 58.3 Å². The molecule has 3 heterocycles. The minimum atomic E-state index is -0.221. The summed E-state index contributed by atoms with van der Waals surface area (Å²) in [7, 11) is 0. The molecule has 2 aromatic heterocycles. The quantitative estimate of drug-likeness (QED) is 0.377. The SMILES string of the molecule is O=C(C=Cc1cccs1)C(C(=O)C=Cc1cccs1)=C1SCCS1. The van der Waals surface area contributed by atoms with Crippen molar-refractivity contribution in [2.45, 2.75) is 0 Å². The Kier molecular flexibility index (Phi) is 6.31. The molecule has 0 saturated carbocycles. The smallest absolute Gasteiger partial charge is 0.191 e. The van der Waals surface area contributed by atoms with Crippen LogP contribution < -0.4 is 0 Å². The Balaban J connectivity index is 1.82. The average Bonchev–Trinajstić information content (AvgIpc) is 3.34. The Morgan fingerprint density at radius 2 is 1.33 bits per heavy atom. The van der Waals surface area contributed by atoms with Gasteiger partial charge in [0.1, 0.15) is 0 Å². The van der Waals surface area contributed by atoms with Crippen LogP contribution in [0.1, 0.15) is 9.75 Å². The molecule has 2 nitrogen and oxygen atoms in total. The summed E-state index contributed by atoms with van der Waals surface area (Å²) in [6.07, 6.45) is 6.55. The number of hydrogen-bond donors (Lipinski definition) is 0. The molecule has 0 aliphatic carbocycles. The molecule has 1 aliphatic rings. The van der Waals surface area contributed by atoms with Gasteiger partial charge in [0.2, 0.25) is 0 Å². The molecule has 0 radical (unpaired) electrons. The van der Waals surface area contributed by atoms with Gasteiger partial charge < -0.3 is 0 Å². The summed E-state index contributed by atoms with van der Waals surface area (Å²) in [5.41, 5.74) is 0.295. The molecule has 0 aromatic carbocycles. The van der Waals surface area contributed by atoms with Crippen molar-refractivity contribution in [1.29, 1.82) is 0 Å². The molecular weight excluding hydrogens is 376 g/mol. The van der Waals surface area contributed by atoms with Crippen LogP contribution >= 0.6 is 46.2 Å². The molecule has 0 spiro atoms. The third-order valence-electron chi connectivity index (χ3n) is 3.13. The Bertz CT molecular complexity index is 730. The summed E-state index contributed by atoms with van der Waals surface area (Å²) in [5.74, 6) is 1.43. The second-order valence-electron chi connectivity index (χ2n) is 4.79. The maximum atomic E-state index is 12.6. The molecule has 1 fully saturated rings. The zero-order valence-electron chi connectivity index (χ0n) is 12.6. The highest BCUT2D eigenvalue weighted by Crippen LogP contribution is 2.39. The standard InChI is InChI=1S/C18H14O2S4/c19-15(7-5-13-3-1-9-21-13)17(18-23-11-12-24-18)16(20)8-6-14-4-2-10-22-14/h1-10H,11-12H2. The lowest BCUT2D eigenvalue weighted by atomic mass is 10.1. The molecule has 0 bridgehead atoms. The van der Waals surface area contributed by atoms with E-state index in [0.717, 1.165) is 25.5 Å². The normalized spacial score (nSPS) is 14.8. The lowest BCUT2D eigenvalue weighted by molar-refractivity contribution is -0.116. The Morgan fingerprint density at radius 1 is 0.833 bits per heavy atom. The molecule has 24 heavy (non-hydrogen) atoms. The first-order valence-electron chi connectivity index (χ1n) is 7.26. The summed E-state index contributed by atoms with van der Waals surface area (Å²) in [4.78, 5) is 27.2. The largest absolute Gasteiger partial charge is 0.289 e. The van der Waals surface area contributed by atoms with Crippen LogP contribution in [0.2, 0.25) is 0 Å². The minimum Gasteiger partial charge on any atom is -0.289 e. The Hall–Kier alpha value is -1.34. The van der Waals surface area contributed by atoms with E-state index >= 15 is 0 Å². The summed E-state index contributed by atoms with van der Waals surface area (Å²) in [6.45, 7) is 0. The highest BCUT2D eigenvalue weighted by atomic mass is 32.2. The number of carbonyl (C=O) groups is 2. The van der Waals surface area contributed by atoms with Crippen LogP contribution in [0.15, 0.2) is 57.0 Å². The lowest BCUT2D eigenvalue weighted by Crippen LogP contribution is -2.10. The van der Waals surface area contributed by atoms with Crippen molar-refractivity contribution < 1.29 is 9.59 Å². The summed E-state index contributed by atoms with van der Waals surface area (Å²) < 4.78 is 0.844. The molecule has 0 amide bonds. The van der Waals surface area contributed by atoms with Gasteiger partial charge in [0.05, 0.1) is 9.81 Å². The topological polar surface area (TPSA) is 34.1 Å². The molecule has 0 atom stereocenters. The molecule has 0 N–H and O–H groups in total. The number of rotatable bonds is 6. The van der Waals surface area contributed by atoms with Gasteiger partial charge in [0.25, 0.3) is 0 Å². The van der Waals surface area contributed by atoms with E-state index in [1.165, 1.54) is 12.2 Å². The maximum Gasteiger partial charge on any atom is 0.191 e. The van der Waals surface area contributed by atoms with Crippen molar-refractivity contribution in [2.24, 2.45) is 0 Å². The van der Waals surface area contributed by atoms with E-state index in [2.05, 4.69) is 0 Å². The van der Waals surface area contributed by atoms with Crippen LogP contribution in [-0.2, 0) is 9.59 Å². The highest BCUT2D eigenvalue weighted by molar-refractivity contribution is 8.25. The van der Waals surface area contributed by atoms with Gasteiger partial charge in [-0.25, -0.2) is 0 Å². The van der Waals surface area contributed by atoms with Crippen molar-refractivity contribution in [1.82, 2.24) is 0 Å². The van der Waals surface area contributed by atoms with Gasteiger partial charge in [-0.1, -0.05) is 12.1 Å². The van der Waals surface area contributed by atoms with Crippen molar-refractivity contribution in [2.75, 3.05) is 11.5 Å². The van der Waals surface area contributed by atoms with Crippen molar-refractivity contribution >= 4 is 69.9 Å².